The molecule has 0 aromatic rings. The normalized spacial score (nSPS) is 32.1. The van der Waals surface area contributed by atoms with Crippen LogP contribution >= 0.6 is 31.3 Å². The van der Waals surface area contributed by atoms with Crippen molar-refractivity contribution in [2.24, 2.45) is 0 Å². The lowest BCUT2D eigenvalue weighted by molar-refractivity contribution is -0.250. The number of phosphoric acid groups is 4. The maximum absolute atomic E-state index is 11.9. The first-order valence-corrected chi connectivity index (χ1v) is 12.3. The van der Waals surface area contributed by atoms with Gasteiger partial charge in [0, 0.05) is 6.00 Å². The van der Waals surface area contributed by atoms with Gasteiger partial charge in [-0.25, -0.2) is 13.0 Å². The molecule has 27 heavy (non-hydrogen) atoms. The number of hydrogen-bond donors (Lipinski definition) is 1. The zero-order valence-electron chi connectivity index (χ0n) is 12.8. The number of ether oxygens (including phenoxy) is 1. The van der Waals surface area contributed by atoms with E-state index in [2.05, 4.69) is 22.2 Å². The lowest BCUT2D eigenvalue weighted by Gasteiger charge is -2.33. The summed E-state index contributed by atoms with van der Waals surface area (Å²) in [7, 11) is -17.6. The largest absolute Gasteiger partial charge is 0.756 e. The highest BCUT2D eigenvalue weighted by atomic mass is 31.3. The van der Waals surface area contributed by atoms with E-state index in [1.807, 2.05) is 0 Å². The fourth-order valence-electron chi connectivity index (χ4n) is 1.71. The average Bonchev–Trinajstić information content (AvgIpc) is 2.71. The third-order valence-electron chi connectivity index (χ3n) is 2.50. The fraction of sp³-hybridized carbons (Fsp3) is 1.00. The first kappa shape index (κ1) is 25.5. The van der Waals surface area contributed by atoms with E-state index in [-0.39, 0.29) is 6.42 Å². The van der Waals surface area contributed by atoms with Crippen LogP contribution in [0.5, 0.6) is 0 Å². The maximum Gasteiger partial charge on any atom is 0.280 e. The molecule has 1 N–H and O–H groups in total. The standard InChI is InChI=1S/C6H14BFO15P4/c7-6-1-4(21-25(12,13)19-3-8)5(20-6)2-18-26(14,15)23-27(16,17)22-24(9,10)11/h4-6H,1-3H2,(H,12,13)(H,14,15)(H,16,17)(H2,9,10,11)/p-4/t4-,5+,6+/m0/s1. The molecule has 2 radical (unpaired) electrons. The van der Waals surface area contributed by atoms with E-state index in [1.165, 1.54) is 0 Å². The minimum Gasteiger partial charge on any atom is -0.756 e. The van der Waals surface area contributed by atoms with Gasteiger partial charge in [-0.3, -0.25) is 22.8 Å². The van der Waals surface area contributed by atoms with Crippen molar-refractivity contribution in [3.63, 3.8) is 0 Å². The van der Waals surface area contributed by atoms with Crippen molar-refractivity contribution in [2.75, 3.05) is 13.5 Å². The molecule has 158 valence electrons. The number of halogens is 1. The molecule has 1 fully saturated rings. The van der Waals surface area contributed by atoms with Crippen LogP contribution in [0.1, 0.15) is 6.42 Å². The van der Waals surface area contributed by atoms with E-state index in [0.717, 1.165) is 0 Å². The first-order chi connectivity index (χ1) is 12.0. The van der Waals surface area contributed by atoms with E-state index >= 15 is 0 Å². The van der Waals surface area contributed by atoms with E-state index in [0.29, 0.717) is 0 Å². The zero-order valence-corrected chi connectivity index (χ0v) is 16.3. The summed E-state index contributed by atoms with van der Waals surface area (Å²) in [5.41, 5.74) is 0. The summed E-state index contributed by atoms with van der Waals surface area (Å²) < 4.78 is 79.4. The van der Waals surface area contributed by atoms with Gasteiger partial charge in [-0.1, -0.05) is 0 Å². The van der Waals surface area contributed by atoms with Crippen LogP contribution in [0, 0.1) is 0 Å². The fourth-order valence-corrected chi connectivity index (χ4v) is 5.34. The van der Waals surface area contributed by atoms with Crippen molar-refractivity contribution in [1.82, 2.24) is 0 Å². The number of hydrogen-bond acceptors (Lipinski definition) is 14. The smallest absolute Gasteiger partial charge is 0.280 e. The first-order valence-electron chi connectivity index (χ1n) is 6.38. The molecule has 1 aliphatic heterocycles. The van der Waals surface area contributed by atoms with E-state index in [4.69, 9.17) is 17.5 Å². The Labute approximate surface area is 152 Å². The highest BCUT2D eigenvalue weighted by Gasteiger charge is 2.37. The Hall–Kier alpha value is 0.475. The molecule has 0 aromatic heterocycles. The zero-order chi connectivity index (χ0) is 21.1. The Balaban J connectivity index is 2.70. The highest BCUT2D eigenvalue weighted by molar-refractivity contribution is 7.65. The van der Waals surface area contributed by atoms with Crippen LogP contribution < -0.4 is 19.6 Å². The van der Waals surface area contributed by atoms with Crippen molar-refractivity contribution in [3.05, 3.63) is 0 Å². The Morgan fingerprint density at radius 1 is 1.04 bits per heavy atom. The molecule has 15 nitrogen and oxygen atoms in total. The van der Waals surface area contributed by atoms with Crippen LogP contribution in [-0.2, 0) is 45.2 Å². The molecule has 1 saturated heterocycles. The molecule has 0 spiro atoms. The molecule has 1 heterocycles. The topological polar surface area (TPSA) is 236 Å². The minimum atomic E-state index is -6.10. The number of alkyl halides is 1. The minimum absolute atomic E-state index is 0.326. The van der Waals surface area contributed by atoms with Gasteiger partial charge in [-0.15, -0.1) is 0 Å². The van der Waals surface area contributed by atoms with Crippen LogP contribution in [0.2, 0.25) is 0 Å². The van der Waals surface area contributed by atoms with E-state index < -0.39 is 63.0 Å². The molecule has 1 rings (SSSR count). The molecule has 0 saturated carbocycles. The third-order valence-corrected chi connectivity index (χ3v) is 7.13. The monoisotopic (exact) mass is 476 g/mol. The van der Waals surface area contributed by atoms with Gasteiger partial charge in [0.2, 0.25) is 0 Å². The van der Waals surface area contributed by atoms with Crippen LogP contribution in [0.3, 0.4) is 0 Å². The second kappa shape index (κ2) is 9.52. The summed E-state index contributed by atoms with van der Waals surface area (Å²) in [6.07, 6.45) is -3.34. The molecule has 0 amide bonds. The van der Waals surface area contributed by atoms with Crippen molar-refractivity contribution < 1.29 is 74.0 Å². The Morgan fingerprint density at radius 2 is 1.63 bits per heavy atom. The van der Waals surface area contributed by atoms with Gasteiger partial charge >= 0.3 is 0 Å². The highest BCUT2D eigenvalue weighted by Crippen LogP contribution is 2.61. The summed E-state index contributed by atoms with van der Waals surface area (Å²) in [4.78, 5) is 52.2. The SMILES string of the molecule is [B][C@H]1C[C@H](OP(=O)([O-])OCF)[C@@H](COP(=O)([O-])OP(=O)([O-])OP(=O)([O-])O)O1. The van der Waals surface area contributed by atoms with Crippen molar-refractivity contribution in [3.8, 4) is 0 Å². The summed E-state index contributed by atoms with van der Waals surface area (Å²) in [6, 6.07) is -1.16. The maximum atomic E-state index is 11.9. The molecular formula is C6H10BFO15P4-4. The van der Waals surface area contributed by atoms with Crippen molar-refractivity contribution in [2.45, 2.75) is 24.6 Å². The summed E-state index contributed by atoms with van der Waals surface area (Å²) in [5.74, 6) is 0. The number of phosphoric ester groups is 2. The van der Waals surface area contributed by atoms with Crippen LogP contribution in [0.25, 0.3) is 0 Å². The van der Waals surface area contributed by atoms with E-state index in [9.17, 15) is 42.2 Å². The van der Waals surface area contributed by atoms with Gasteiger partial charge in [-0.05, 0) is 6.42 Å². The van der Waals surface area contributed by atoms with E-state index in [1.54, 1.807) is 0 Å². The van der Waals surface area contributed by atoms with Gasteiger partial charge in [0.05, 0.1) is 12.7 Å². The molecule has 1 aliphatic rings. The predicted octanol–water partition coefficient (Wildman–Crippen LogP) is -2.49. The predicted molar refractivity (Wildman–Crippen MR) is 71.7 cm³/mol. The lowest BCUT2D eigenvalue weighted by atomic mass is 9.96. The number of rotatable bonds is 11. The lowest BCUT2D eigenvalue weighted by Crippen LogP contribution is -2.30. The molecule has 7 atom stereocenters. The molecular weight excluding hydrogens is 466 g/mol. The third kappa shape index (κ3) is 10.2. The van der Waals surface area contributed by atoms with Gasteiger partial charge in [0.1, 0.15) is 14.0 Å². The molecule has 0 aromatic carbocycles. The Kier molecular flexibility index (Phi) is 9.00. The summed E-state index contributed by atoms with van der Waals surface area (Å²) >= 11 is 0. The summed E-state index contributed by atoms with van der Waals surface area (Å²) in [5, 5.41) is 0. The van der Waals surface area contributed by atoms with Gasteiger partial charge in [0.15, 0.2) is 6.86 Å². The Morgan fingerprint density at radius 3 is 2.15 bits per heavy atom. The van der Waals surface area contributed by atoms with Crippen LogP contribution in [0.15, 0.2) is 0 Å². The quantitative estimate of drug-likeness (QED) is 0.240. The second-order valence-corrected chi connectivity index (χ2v) is 10.3. The second-order valence-electron chi connectivity index (χ2n) is 4.60. The van der Waals surface area contributed by atoms with Crippen molar-refractivity contribution >= 4 is 39.1 Å². The molecule has 4 unspecified atom stereocenters. The van der Waals surface area contributed by atoms with Gasteiger partial charge in [-0.2, -0.15) is 0 Å². The summed E-state index contributed by atoms with van der Waals surface area (Å²) in [6.45, 7) is -2.85. The average molecular weight is 476 g/mol. The van der Waals surface area contributed by atoms with Gasteiger partial charge in [0.25, 0.3) is 31.3 Å². The van der Waals surface area contributed by atoms with Crippen LogP contribution in [0.4, 0.5) is 4.39 Å². The molecule has 0 aliphatic carbocycles. The van der Waals surface area contributed by atoms with Crippen LogP contribution in [-0.4, -0.2) is 44.4 Å². The molecule has 21 heteroatoms. The van der Waals surface area contributed by atoms with Crippen molar-refractivity contribution in [1.29, 1.82) is 0 Å². The van der Waals surface area contributed by atoms with Gasteiger partial charge < -0.3 is 38.3 Å². The Bertz CT molecular complexity index is 696. The molecule has 0 bridgehead atoms.